The van der Waals surface area contributed by atoms with Crippen LogP contribution in [0.25, 0.3) is 0 Å². The average molecular weight is 353 g/mol. The van der Waals surface area contributed by atoms with E-state index < -0.39 is 0 Å². The second kappa shape index (κ2) is 6.48. The molecule has 6 unspecified atom stereocenters. The van der Waals surface area contributed by atoms with Crippen LogP contribution in [0.5, 0.6) is 0 Å². The van der Waals surface area contributed by atoms with Gasteiger partial charge in [0, 0.05) is 33.2 Å². The van der Waals surface area contributed by atoms with Crippen LogP contribution in [-0.4, -0.2) is 57.9 Å². The molecule has 2 heterocycles. The molecule has 4 rings (SSSR count). The minimum absolute atomic E-state index is 0.0399. The number of methoxy groups -OCH3 is 2. The maximum absolute atomic E-state index is 12.5. The summed E-state index contributed by atoms with van der Waals surface area (Å²) >= 11 is 0. The predicted molar refractivity (Wildman–Crippen MR) is 90.9 cm³/mol. The lowest BCUT2D eigenvalue weighted by molar-refractivity contribution is -0.147. The average Bonchev–Trinajstić information content (AvgIpc) is 3.28. The van der Waals surface area contributed by atoms with Gasteiger partial charge in [0.2, 0.25) is 0 Å². The highest BCUT2D eigenvalue weighted by Crippen LogP contribution is 2.62. The largest absolute Gasteiger partial charge is 0.462 e. The van der Waals surface area contributed by atoms with Gasteiger partial charge in [0.25, 0.3) is 0 Å². The molecule has 0 amide bonds. The molecular weight excluding hydrogens is 322 g/mol. The van der Waals surface area contributed by atoms with Crippen LogP contribution >= 0.6 is 0 Å². The quantitative estimate of drug-likeness (QED) is 0.445. The molecule has 142 valence electrons. The normalized spacial score (nSPS) is 45.4. The zero-order valence-electron chi connectivity index (χ0n) is 15.6. The highest BCUT2D eigenvalue weighted by Gasteiger charge is 2.64. The van der Waals surface area contributed by atoms with E-state index in [2.05, 4.69) is 12.2 Å². The smallest absolute Gasteiger partial charge is 0.310 e. The van der Waals surface area contributed by atoms with Gasteiger partial charge < -0.3 is 24.3 Å². The second-order valence-corrected chi connectivity index (χ2v) is 8.66. The molecule has 0 aromatic heterocycles. The van der Waals surface area contributed by atoms with Crippen LogP contribution in [0.3, 0.4) is 0 Å². The van der Waals surface area contributed by atoms with Crippen LogP contribution in [0.4, 0.5) is 0 Å². The van der Waals surface area contributed by atoms with Gasteiger partial charge >= 0.3 is 5.97 Å². The SMILES string of the molecule is COC(CNCC1C(=O)OC2CC3(C)CCCC4(CO4)C3CC21)OC. The van der Waals surface area contributed by atoms with Crippen molar-refractivity contribution in [2.24, 2.45) is 23.2 Å². The van der Waals surface area contributed by atoms with E-state index in [0.29, 0.717) is 24.9 Å². The summed E-state index contributed by atoms with van der Waals surface area (Å²) in [6.07, 6.45) is 5.49. The van der Waals surface area contributed by atoms with Crippen molar-refractivity contribution in [3.8, 4) is 0 Å². The van der Waals surface area contributed by atoms with E-state index >= 15 is 0 Å². The molecule has 1 N–H and O–H groups in total. The lowest BCUT2D eigenvalue weighted by Crippen LogP contribution is -2.51. The van der Waals surface area contributed by atoms with E-state index in [1.807, 2.05) is 0 Å². The van der Waals surface area contributed by atoms with Crippen molar-refractivity contribution in [2.45, 2.75) is 57.0 Å². The van der Waals surface area contributed by atoms with E-state index in [4.69, 9.17) is 18.9 Å². The number of ether oxygens (including phenoxy) is 4. The number of carbonyl (C=O) groups excluding carboxylic acids is 1. The van der Waals surface area contributed by atoms with Crippen molar-refractivity contribution in [3.63, 3.8) is 0 Å². The molecule has 0 aromatic carbocycles. The van der Waals surface area contributed by atoms with Crippen molar-refractivity contribution in [1.82, 2.24) is 5.32 Å². The van der Waals surface area contributed by atoms with E-state index in [-0.39, 0.29) is 35.3 Å². The molecule has 0 aromatic rings. The fraction of sp³-hybridized carbons (Fsp3) is 0.947. The van der Waals surface area contributed by atoms with Crippen LogP contribution in [0, 0.1) is 23.2 Å². The molecule has 1 spiro atoms. The van der Waals surface area contributed by atoms with Crippen LogP contribution in [0.1, 0.15) is 39.0 Å². The zero-order valence-corrected chi connectivity index (χ0v) is 15.6. The molecule has 4 aliphatic rings. The Morgan fingerprint density at radius 3 is 2.76 bits per heavy atom. The van der Waals surface area contributed by atoms with Crippen LogP contribution < -0.4 is 5.32 Å². The number of fused-ring (bicyclic) bond motifs is 3. The minimum atomic E-state index is -0.288. The van der Waals surface area contributed by atoms with E-state index in [9.17, 15) is 4.79 Å². The molecular formula is C19H31NO5. The van der Waals surface area contributed by atoms with Crippen LogP contribution in [0.15, 0.2) is 0 Å². The first-order valence-corrected chi connectivity index (χ1v) is 9.62. The first kappa shape index (κ1) is 17.7. The van der Waals surface area contributed by atoms with Crippen molar-refractivity contribution in [2.75, 3.05) is 33.9 Å². The standard InChI is InChI=1S/C19H31NO5/c1-18-5-4-6-19(11-24-19)15(18)7-12-13(17(21)25-14(12)8-18)9-20-10-16(22-2)23-3/h12-16,20H,4-11H2,1-3H3. The summed E-state index contributed by atoms with van der Waals surface area (Å²) in [5.41, 5.74) is 0.370. The monoisotopic (exact) mass is 353 g/mol. The summed E-state index contributed by atoms with van der Waals surface area (Å²) in [4.78, 5) is 12.5. The zero-order chi connectivity index (χ0) is 17.7. The van der Waals surface area contributed by atoms with Gasteiger partial charge in [-0.25, -0.2) is 0 Å². The molecule has 0 bridgehead atoms. The van der Waals surface area contributed by atoms with Gasteiger partial charge in [-0.3, -0.25) is 4.79 Å². The number of rotatable bonds is 6. The molecule has 2 saturated heterocycles. The molecule has 2 aliphatic carbocycles. The maximum Gasteiger partial charge on any atom is 0.310 e. The van der Waals surface area contributed by atoms with Gasteiger partial charge in [-0.1, -0.05) is 6.92 Å². The number of nitrogens with one attached hydrogen (secondary N) is 1. The van der Waals surface area contributed by atoms with E-state index in [1.165, 1.54) is 19.3 Å². The number of hydrogen-bond acceptors (Lipinski definition) is 6. The fourth-order valence-corrected chi connectivity index (χ4v) is 5.81. The van der Waals surface area contributed by atoms with Crippen molar-refractivity contribution < 1.29 is 23.7 Å². The Bertz CT molecular complexity index is 518. The van der Waals surface area contributed by atoms with Gasteiger partial charge in [-0.15, -0.1) is 0 Å². The number of esters is 1. The highest BCUT2D eigenvalue weighted by atomic mass is 16.7. The molecule has 2 saturated carbocycles. The van der Waals surface area contributed by atoms with Crippen LogP contribution in [0.2, 0.25) is 0 Å². The van der Waals surface area contributed by atoms with E-state index in [0.717, 1.165) is 19.4 Å². The van der Waals surface area contributed by atoms with Gasteiger partial charge in [0.1, 0.15) is 6.10 Å². The summed E-state index contributed by atoms with van der Waals surface area (Å²) in [5, 5.41) is 3.33. The third kappa shape index (κ3) is 3.01. The summed E-state index contributed by atoms with van der Waals surface area (Å²) in [5.74, 6) is 0.766. The molecule has 4 fully saturated rings. The Balaban J connectivity index is 1.43. The Morgan fingerprint density at radius 1 is 1.32 bits per heavy atom. The first-order chi connectivity index (χ1) is 12.0. The highest BCUT2D eigenvalue weighted by molar-refractivity contribution is 5.75. The first-order valence-electron chi connectivity index (χ1n) is 9.62. The summed E-state index contributed by atoms with van der Waals surface area (Å²) in [6, 6.07) is 0. The summed E-state index contributed by atoms with van der Waals surface area (Å²) < 4.78 is 22.2. The molecule has 6 heteroatoms. The molecule has 6 atom stereocenters. The van der Waals surface area contributed by atoms with Crippen molar-refractivity contribution in [1.29, 1.82) is 0 Å². The molecule has 2 aliphatic heterocycles. The van der Waals surface area contributed by atoms with Gasteiger partial charge in [0.05, 0.1) is 18.1 Å². The maximum atomic E-state index is 12.5. The minimum Gasteiger partial charge on any atom is -0.462 e. The molecule has 0 radical (unpaired) electrons. The molecule has 25 heavy (non-hydrogen) atoms. The predicted octanol–water partition coefficient (Wildman–Crippen LogP) is 1.72. The Kier molecular flexibility index (Phi) is 4.59. The van der Waals surface area contributed by atoms with Crippen molar-refractivity contribution >= 4 is 5.97 Å². The van der Waals surface area contributed by atoms with Gasteiger partial charge in [-0.05, 0) is 43.4 Å². The Hall–Kier alpha value is -0.690. The number of carbonyl (C=O) groups is 1. The fourth-order valence-electron chi connectivity index (χ4n) is 5.81. The van der Waals surface area contributed by atoms with Gasteiger partial charge in [-0.2, -0.15) is 0 Å². The van der Waals surface area contributed by atoms with Gasteiger partial charge in [0.15, 0.2) is 6.29 Å². The molecule has 6 nitrogen and oxygen atoms in total. The van der Waals surface area contributed by atoms with Crippen molar-refractivity contribution in [3.05, 3.63) is 0 Å². The lowest BCUT2D eigenvalue weighted by atomic mass is 9.53. The summed E-state index contributed by atoms with van der Waals surface area (Å²) in [7, 11) is 3.24. The van der Waals surface area contributed by atoms with E-state index in [1.54, 1.807) is 14.2 Å². The number of hydrogen-bond donors (Lipinski definition) is 1. The second-order valence-electron chi connectivity index (χ2n) is 8.66. The third-order valence-corrected chi connectivity index (χ3v) is 7.28. The third-order valence-electron chi connectivity index (χ3n) is 7.28. The number of epoxide rings is 1. The summed E-state index contributed by atoms with van der Waals surface area (Å²) in [6.45, 7) is 4.49. The Morgan fingerprint density at radius 2 is 2.08 bits per heavy atom. The topological polar surface area (TPSA) is 69.3 Å². The lowest BCUT2D eigenvalue weighted by Gasteiger charge is -2.51. The van der Waals surface area contributed by atoms with Crippen LogP contribution in [-0.2, 0) is 23.7 Å². The Labute approximate surface area is 149 Å².